The Hall–Kier alpha value is -0.870. The topological polar surface area (TPSA) is 72.6 Å². The summed E-state index contributed by atoms with van der Waals surface area (Å²) in [5.41, 5.74) is 8.14. The van der Waals surface area contributed by atoms with Crippen molar-refractivity contribution in [3.63, 3.8) is 0 Å². The molecule has 0 aromatic rings. The minimum absolute atomic E-state index is 0.289. The van der Waals surface area contributed by atoms with Crippen molar-refractivity contribution < 1.29 is 14.6 Å². The second-order valence-corrected chi connectivity index (χ2v) is 13.0. The Kier molecular flexibility index (Phi) is 6.86. The smallest absolute Gasteiger partial charge is 0.222 e. The van der Waals surface area contributed by atoms with Crippen LogP contribution in [0.15, 0.2) is 11.6 Å². The zero-order valence-corrected chi connectivity index (χ0v) is 22.0. The molecule has 4 aliphatic carbocycles. The van der Waals surface area contributed by atoms with Crippen molar-refractivity contribution in [2.24, 2.45) is 51.6 Å². The molecule has 4 rings (SSSR count). The largest absolute Gasteiger partial charge is 0.392 e. The third-order valence-electron chi connectivity index (χ3n) is 12.1. The van der Waals surface area contributed by atoms with Crippen molar-refractivity contribution in [2.45, 2.75) is 111 Å². The summed E-state index contributed by atoms with van der Waals surface area (Å²) in [7, 11) is 1.87. The summed E-state index contributed by atoms with van der Waals surface area (Å²) in [5, 5.41) is 10.5. The van der Waals surface area contributed by atoms with Crippen LogP contribution in [-0.2, 0) is 9.53 Å². The first-order chi connectivity index (χ1) is 15.5. The number of hydrogen-bond donors (Lipinski definition) is 2. The molecule has 3 N–H and O–H groups in total. The first kappa shape index (κ1) is 25.2. The lowest BCUT2D eigenvalue weighted by Crippen LogP contribution is -2.53. The second-order valence-electron chi connectivity index (χ2n) is 13.0. The third-order valence-corrected chi connectivity index (χ3v) is 12.1. The van der Waals surface area contributed by atoms with Crippen LogP contribution in [0.4, 0.5) is 0 Å². The van der Waals surface area contributed by atoms with E-state index in [1.807, 2.05) is 7.11 Å². The molecule has 4 nitrogen and oxygen atoms in total. The SMILES string of the molecule is CO[C@H]1CC[C@@]2(C)C(=CC[C@@H]3[C@@H]2CC[C@@]2(C)[C@H]3CC[C@]2(C)[C@H](C)CC[C@@H](O)C(C)C(N)=O)C1. The van der Waals surface area contributed by atoms with Crippen LogP contribution < -0.4 is 5.73 Å². The number of aliphatic hydroxyl groups excluding tert-OH is 1. The molecule has 0 aromatic carbocycles. The highest BCUT2D eigenvalue weighted by Gasteiger charge is 2.63. The molecule has 0 saturated heterocycles. The van der Waals surface area contributed by atoms with E-state index in [2.05, 4.69) is 33.8 Å². The van der Waals surface area contributed by atoms with Crippen LogP contribution in [0.3, 0.4) is 0 Å². The normalized spacial score (nSPS) is 45.2. The third kappa shape index (κ3) is 3.92. The van der Waals surface area contributed by atoms with Crippen molar-refractivity contribution in [1.82, 2.24) is 0 Å². The monoisotopic (exact) mass is 459 g/mol. The quantitative estimate of drug-likeness (QED) is 0.468. The van der Waals surface area contributed by atoms with E-state index in [1.165, 1.54) is 44.9 Å². The van der Waals surface area contributed by atoms with Crippen LogP contribution >= 0.6 is 0 Å². The lowest BCUT2D eigenvalue weighted by atomic mass is 9.44. The molecular weight excluding hydrogens is 410 g/mol. The number of aliphatic hydroxyl groups is 1. The standard InChI is InChI=1S/C29H49NO3/c1-18(7-10-25(31)19(2)26(30)32)28(4)15-13-24-22-9-8-20-17-21(33-6)11-14-27(20,3)23(22)12-16-29(24,28)5/h8,18-19,21-25,31H,7,9-17H2,1-6H3,(H2,30,32)/t18-,19?,21+,22-,23+,24+,25-,27+,28-,29+/m1/s1. The van der Waals surface area contributed by atoms with E-state index in [-0.39, 0.29) is 5.41 Å². The van der Waals surface area contributed by atoms with Gasteiger partial charge in [-0.05, 0) is 104 Å². The number of carbonyl (C=O) groups excluding carboxylic acids is 1. The van der Waals surface area contributed by atoms with Crippen LogP contribution in [0, 0.1) is 45.8 Å². The molecular formula is C29H49NO3. The van der Waals surface area contributed by atoms with Crippen molar-refractivity contribution in [2.75, 3.05) is 7.11 Å². The molecule has 0 spiro atoms. The van der Waals surface area contributed by atoms with Gasteiger partial charge in [-0.25, -0.2) is 0 Å². The van der Waals surface area contributed by atoms with Crippen molar-refractivity contribution in [1.29, 1.82) is 0 Å². The molecule has 0 aliphatic heterocycles. The minimum atomic E-state index is -0.627. The number of nitrogens with two attached hydrogens (primary N) is 1. The molecule has 0 radical (unpaired) electrons. The van der Waals surface area contributed by atoms with Crippen molar-refractivity contribution in [3.8, 4) is 0 Å². The Labute approximate surface area is 202 Å². The molecule has 10 atom stereocenters. The zero-order chi connectivity index (χ0) is 24.2. The molecule has 0 aromatic heterocycles. The molecule has 0 heterocycles. The number of carbonyl (C=O) groups is 1. The fourth-order valence-electron chi connectivity index (χ4n) is 9.12. The van der Waals surface area contributed by atoms with Gasteiger partial charge in [0.1, 0.15) is 0 Å². The van der Waals surface area contributed by atoms with E-state index < -0.39 is 17.9 Å². The van der Waals surface area contributed by atoms with Gasteiger partial charge in [0.05, 0.1) is 18.1 Å². The zero-order valence-electron chi connectivity index (χ0n) is 22.0. The Balaban J connectivity index is 1.50. The number of fused-ring (bicyclic) bond motifs is 5. The molecule has 188 valence electrons. The molecule has 3 saturated carbocycles. The Morgan fingerprint density at radius 2 is 1.82 bits per heavy atom. The average molecular weight is 460 g/mol. The Bertz CT molecular complexity index is 779. The molecule has 1 amide bonds. The Morgan fingerprint density at radius 1 is 1.12 bits per heavy atom. The number of primary amides is 1. The van der Waals surface area contributed by atoms with E-state index >= 15 is 0 Å². The van der Waals surface area contributed by atoms with Gasteiger partial charge in [0.25, 0.3) is 0 Å². The second kappa shape index (κ2) is 8.97. The summed E-state index contributed by atoms with van der Waals surface area (Å²) < 4.78 is 5.74. The van der Waals surface area contributed by atoms with Gasteiger partial charge in [-0.3, -0.25) is 4.79 Å². The maximum Gasteiger partial charge on any atom is 0.222 e. The van der Waals surface area contributed by atoms with Crippen LogP contribution in [0.1, 0.15) is 98.8 Å². The van der Waals surface area contributed by atoms with E-state index in [0.29, 0.717) is 29.3 Å². The van der Waals surface area contributed by atoms with Gasteiger partial charge >= 0.3 is 0 Å². The van der Waals surface area contributed by atoms with Gasteiger partial charge < -0.3 is 15.6 Å². The molecule has 3 fully saturated rings. The number of allylic oxidation sites excluding steroid dienone is 1. The van der Waals surface area contributed by atoms with Gasteiger partial charge in [-0.2, -0.15) is 0 Å². The molecule has 4 heteroatoms. The Morgan fingerprint density at radius 3 is 2.48 bits per heavy atom. The summed E-state index contributed by atoms with van der Waals surface area (Å²) in [4.78, 5) is 11.5. The number of ether oxygens (including phenoxy) is 1. The first-order valence-electron chi connectivity index (χ1n) is 13.7. The highest BCUT2D eigenvalue weighted by atomic mass is 16.5. The van der Waals surface area contributed by atoms with E-state index in [4.69, 9.17) is 10.5 Å². The maximum atomic E-state index is 11.5. The van der Waals surface area contributed by atoms with Crippen LogP contribution in [0.25, 0.3) is 0 Å². The van der Waals surface area contributed by atoms with Crippen molar-refractivity contribution in [3.05, 3.63) is 11.6 Å². The van der Waals surface area contributed by atoms with Crippen LogP contribution in [-0.4, -0.2) is 30.3 Å². The minimum Gasteiger partial charge on any atom is -0.392 e. The lowest BCUT2D eigenvalue weighted by Gasteiger charge is -2.60. The summed E-state index contributed by atoms with van der Waals surface area (Å²) in [6.07, 6.45) is 14.2. The maximum absolute atomic E-state index is 11.5. The highest BCUT2D eigenvalue weighted by molar-refractivity contribution is 5.76. The van der Waals surface area contributed by atoms with Gasteiger partial charge in [-0.1, -0.05) is 46.3 Å². The van der Waals surface area contributed by atoms with E-state index in [9.17, 15) is 9.90 Å². The number of amides is 1. The van der Waals surface area contributed by atoms with Crippen LogP contribution in [0.5, 0.6) is 0 Å². The summed E-state index contributed by atoms with van der Waals surface area (Å²) >= 11 is 0. The lowest BCUT2D eigenvalue weighted by molar-refractivity contribution is -0.125. The molecule has 1 unspecified atom stereocenters. The number of rotatable bonds is 7. The van der Waals surface area contributed by atoms with Gasteiger partial charge in [0.15, 0.2) is 0 Å². The highest BCUT2D eigenvalue weighted by Crippen LogP contribution is 2.71. The summed E-state index contributed by atoms with van der Waals surface area (Å²) in [6, 6.07) is 0. The number of hydrogen-bond acceptors (Lipinski definition) is 3. The predicted molar refractivity (Wildman–Crippen MR) is 133 cm³/mol. The van der Waals surface area contributed by atoms with E-state index in [0.717, 1.165) is 30.6 Å². The fraction of sp³-hybridized carbons (Fsp3) is 0.897. The summed E-state index contributed by atoms with van der Waals surface area (Å²) in [5.74, 6) is 2.10. The first-order valence-corrected chi connectivity index (χ1v) is 13.7. The van der Waals surface area contributed by atoms with Gasteiger partial charge in [0.2, 0.25) is 5.91 Å². The van der Waals surface area contributed by atoms with Crippen LogP contribution in [0.2, 0.25) is 0 Å². The summed E-state index contributed by atoms with van der Waals surface area (Å²) in [6.45, 7) is 11.9. The molecule has 4 aliphatic rings. The number of methoxy groups -OCH3 is 1. The molecule has 33 heavy (non-hydrogen) atoms. The van der Waals surface area contributed by atoms with Gasteiger partial charge in [0, 0.05) is 7.11 Å². The van der Waals surface area contributed by atoms with E-state index in [1.54, 1.807) is 12.5 Å². The predicted octanol–water partition coefficient (Wildman–Crippen LogP) is 5.87. The van der Waals surface area contributed by atoms with Crippen molar-refractivity contribution >= 4 is 5.91 Å². The fourth-order valence-corrected chi connectivity index (χ4v) is 9.12. The average Bonchev–Trinajstić information content (AvgIpc) is 3.07. The van der Waals surface area contributed by atoms with Gasteiger partial charge in [-0.15, -0.1) is 0 Å². The molecule has 0 bridgehead atoms.